The molecule has 0 bridgehead atoms. The van der Waals surface area contributed by atoms with E-state index in [2.05, 4.69) is 12.2 Å². The number of nitrogens with zero attached hydrogens (tertiary/aromatic N) is 3. The lowest BCUT2D eigenvalue weighted by Gasteiger charge is -2.39. The number of ether oxygens (including phenoxy) is 1. The van der Waals surface area contributed by atoms with E-state index in [4.69, 9.17) is 9.73 Å². The van der Waals surface area contributed by atoms with Gasteiger partial charge in [-0.1, -0.05) is 25.1 Å². The molecular formula is C20H32F3IN4O. The summed E-state index contributed by atoms with van der Waals surface area (Å²) in [5, 5.41) is 3.27. The molecule has 29 heavy (non-hydrogen) atoms. The minimum Gasteiger partial charge on any atom is -0.496 e. The molecule has 2 atom stereocenters. The molecular weight excluding hydrogens is 496 g/mol. The Hall–Kier alpha value is -1.23. The number of aliphatic imine (C=N–C) groups is 1. The summed E-state index contributed by atoms with van der Waals surface area (Å²) < 4.78 is 44.3. The number of benzene rings is 1. The number of rotatable bonds is 6. The number of piperazine rings is 1. The van der Waals surface area contributed by atoms with Crippen molar-refractivity contribution in [3.8, 4) is 5.75 Å². The molecule has 1 heterocycles. The lowest BCUT2D eigenvalue weighted by atomic mass is 10.0. The van der Waals surface area contributed by atoms with Gasteiger partial charge in [0.15, 0.2) is 5.96 Å². The number of nitrogens with one attached hydrogen (secondary N) is 1. The molecule has 1 aromatic rings. The third-order valence-electron chi connectivity index (χ3n) is 5.15. The minimum atomic E-state index is -4.19. The molecule has 2 unspecified atom stereocenters. The van der Waals surface area contributed by atoms with Gasteiger partial charge in [0.05, 0.1) is 7.11 Å². The van der Waals surface area contributed by atoms with Crippen LogP contribution in [0.5, 0.6) is 5.75 Å². The van der Waals surface area contributed by atoms with E-state index in [9.17, 15) is 13.2 Å². The number of guanidine groups is 1. The van der Waals surface area contributed by atoms with Gasteiger partial charge in [-0.2, -0.15) is 13.2 Å². The maximum atomic E-state index is 12.9. The number of para-hydroxylation sites is 1. The fourth-order valence-electron chi connectivity index (χ4n) is 3.35. The third kappa shape index (κ3) is 7.20. The van der Waals surface area contributed by atoms with Crippen molar-refractivity contribution in [1.29, 1.82) is 0 Å². The molecule has 0 saturated carbocycles. The molecule has 0 aliphatic carbocycles. The topological polar surface area (TPSA) is 40.1 Å². The van der Waals surface area contributed by atoms with Crippen LogP contribution in [0.3, 0.4) is 0 Å². The molecule has 166 valence electrons. The standard InChI is InChI=1S/C20H31F3N4O.HI/c1-5-24-19(25-14-15(2)17-8-6-7-9-18(17)28-4)27-12-10-26(11-13-27)16(3)20(21,22)23;/h6-9,15-16H,5,10-14H2,1-4H3,(H,24,25);1H. The minimum absolute atomic E-state index is 0. The van der Waals surface area contributed by atoms with E-state index < -0.39 is 12.2 Å². The van der Waals surface area contributed by atoms with Gasteiger partial charge >= 0.3 is 6.18 Å². The van der Waals surface area contributed by atoms with Crippen LogP contribution in [0.2, 0.25) is 0 Å². The Labute approximate surface area is 188 Å². The first-order valence-electron chi connectivity index (χ1n) is 9.74. The lowest BCUT2D eigenvalue weighted by molar-refractivity contribution is -0.181. The summed E-state index contributed by atoms with van der Waals surface area (Å²) in [7, 11) is 1.65. The van der Waals surface area contributed by atoms with Gasteiger partial charge in [0, 0.05) is 45.2 Å². The Morgan fingerprint density at radius 1 is 1.17 bits per heavy atom. The van der Waals surface area contributed by atoms with E-state index in [0.717, 1.165) is 17.3 Å². The highest BCUT2D eigenvalue weighted by Gasteiger charge is 2.41. The van der Waals surface area contributed by atoms with Crippen molar-refractivity contribution >= 4 is 29.9 Å². The van der Waals surface area contributed by atoms with Gasteiger partial charge in [-0.25, -0.2) is 0 Å². The second kappa shape index (κ2) is 11.8. The normalized spacial score (nSPS) is 18.0. The van der Waals surface area contributed by atoms with Gasteiger partial charge < -0.3 is 15.0 Å². The molecule has 1 fully saturated rings. The molecule has 1 aromatic carbocycles. The molecule has 2 rings (SSSR count). The fraction of sp³-hybridized carbons (Fsp3) is 0.650. The van der Waals surface area contributed by atoms with Crippen LogP contribution in [0.15, 0.2) is 29.3 Å². The quantitative estimate of drug-likeness (QED) is 0.345. The first-order valence-corrected chi connectivity index (χ1v) is 9.74. The van der Waals surface area contributed by atoms with Crippen molar-refractivity contribution in [1.82, 2.24) is 15.1 Å². The highest BCUT2D eigenvalue weighted by molar-refractivity contribution is 14.0. The van der Waals surface area contributed by atoms with Crippen molar-refractivity contribution in [3.05, 3.63) is 29.8 Å². The van der Waals surface area contributed by atoms with Crippen molar-refractivity contribution in [2.24, 2.45) is 4.99 Å². The molecule has 9 heteroatoms. The molecule has 5 nitrogen and oxygen atoms in total. The van der Waals surface area contributed by atoms with E-state index in [1.54, 1.807) is 7.11 Å². The van der Waals surface area contributed by atoms with Crippen molar-refractivity contribution in [2.45, 2.75) is 38.9 Å². The van der Waals surface area contributed by atoms with Crippen molar-refractivity contribution in [3.63, 3.8) is 0 Å². The van der Waals surface area contributed by atoms with E-state index in [1.165, 1.54) is 11.8 Å². The number of hydrogen-bond donors (Lipinski definition) is 1. The highest BCUT2D eigenvalue weighted by atomic mass is 127. The van der Waals surface area contributed by atoms with E-state index in [-0.39, 0.29) is 29.9 Å². The van der Waals surface area contributed by atoms with Crippen LogP contribution in [0, 0.1) is 0 Å². The van der Waals surface area contributed by atoms with E-state index >= 15 is 0 Å². The van der Waals surface area contributed by atoms with Gasteiger partial charge in [-0.15, -0.1) is 24.0 Å². The molecule has 1 N–H and O–H groups in total. The fourth-order valence-corrected chi connectivity index (χ4v) is 3.35. The summed E-state index contributed by atoms with van der Waals surface area (Å²) >= 11 is 0. The van der Waals surface area contributed by atoms with Crippen LogP contribution in [0.1, 0.15) is 32.3 Å². The summed E-state index contributed by atoms with van der Waals surface area (Å²) in [6, 6.07) is 6.46. The summed E-state index contributed by atoms with van der Waals surface area (Å²) in [6.45, 7) is 8.37. The first kappa shape index (κ1) is 25.8. The molecule has 0 radical (unpaired) electrons. The maximum absolute atomic E-state index is 12.9. The Kier molecular flexibility index (Phi) is 10.5. The Morgan fingerprint density at radius 2 is 1.79 bits per heavy atom. The van der Waals surface area contributed by atoms with Gasteiger partial charge in [0.25, 0.3) is 0 Å². The SMILES string of the molecule is CCNC(=NCC(C)c1ccccc1OC)N1CCN(C(C)C(F)(F)F)CC1.I. The molecule has 0 aromatic heterocycles. The smallest absolute Gasteiger partial charge is 0.403 e. The first-order chi connectivity index (χ1) is 13.3. The van der Waals surface area contributed by atoms with Crippen LogP contribution in [0.4, 0.5) is 13.2 Å². The van der Waals surface area contributed by atoms with Crippen LogP contribution in [0.25, 0.3) is 0 Å². The number of hydrogen-bond acceptors (Lipinski definition) is 3. The maximum Gasteiger partial charge on any atom is 0.403 e. The van der Waals surface area contributed by atoms with Crippen LogP contribution >= 0.6 is 24.0 Å². The van der Waals surface area contributed by atoms with Crippen molar-refractivity contribution < 1.29 is 17.9 Å². The van der Waals surface area contributed by atoms with Crippen LogP contribution in [-0.2, 0) is 0 Å². The summed E-state index contributed by atoms with van der Waals surface area (Å²) in [4.78, 5) is 8.27. The van der Waals surface area contributed by atoms with E-state index in [1.807, 2.05) is 36.1 Å². The Balaban J connectivity index is 0.00000420. The third-order valence-corrected chi connectivity index (χ3v) is 5.15. The molecule has 1 aliphatic rings. The Bertz CT molecular complexity index is 649. The monoisotopic (exact) mass is 528 g/mol. The number of halogens is 4. The number of alkyl halides is 3. The van der Waals surface area contributed by atoms with Gasteiger partial charge in [-0.05, 0) is 25.5 Å². The van der Waals surface area contributed by atoms with Gasteiger partial charge in [-0.3, -0.25) is 9.89 Å². The highest BCUT2D eigenvalue weighted by Crippen LogP contribution is 2.27. The number of methoxy groups -OCH3 is 1. The summed E-state index contributed by atoms with van der Waals surface area (Å²) in [5.41, 5.74) is 1.09. The lowest BCUT2D eigenvalue weighted by Crippen LogP contribution is -2.56. The van der Waals surface area contributed by atoms with Crippen molar-refractivity contribution in [2.75, 3.05) is 46.4 Å². The molecule has 1 saturated heterocycles. The second-order valence-electron chi connectivity index (χ2n) is 7.08. The van der Waals surface area contributed by atoms with Gasteiger partial charge in [0.1, 0.15) is 11.8 Å². The largest absolute Gasteiger partial charge is 0.496 e. The summed E-state index contributed by atoms with van der Waals surface area (Å²) in [6.07, 6.45) is -4.19. The second-order valence-corrected chi connectivity index (χ2v) is 7.08. The zero-order valence-electron chi connectivity index (χ0n) is 17.5. The zero-order valence-corrected chi connectivity index (χ0v) is 19.8. The predicted octanol–water partition coefficient (Wildman–Crippen LogP) is 3.95. The average Bonchev–Trinajstić information content (AvgIpc) is 2.69. The molecule has 0 spiro atoms. The van der Waals surface area contributed by atoms with Gasteiger partial charge in [0.2, 0.25) is 0 Å². The zero-order chi connectivity index (χ0) is 20.7. The van der Waals surface area contributed by atoms with E-state index in [0.29, 0.717) is 39.3 Å². The van der Waals surface area contributed by atoms with Crippen LogP contribution in [-0.4, -0.2) is 74.4 Å². The predicted molar refractivity (Wildman–Crippen MR) is 121 cm³/mol. The Morgan fingerprint density at radius 3 is 2.34 bits per heavy atom. The van der Waals surface area contributed by atoms with Crippen LogP contribution < -0.4 is 10.1 Å². The summed E-state index contributed by atoms with van der Waals surface area (Å²) in [5.74, 6) is 1.75. The molecule has 0 amide bonds. The average molecular weight is 528 g/mol. The molecule has 1 aliphatic heterocycles.